The number of benzene rings is 1. The summed E-state index contributed by atoms with van der Waals surface area (Å²) in [4.78, 5) is 5.20. The van der Waals surface area contributed by atoms with Crippen LogP contribution in [0.1, 0.15) is 31.2 Å². The third kappa shape index (κ3) is 2.90. The van der Waals surface area contributed by atoms with E-state index < -0.39 is 0 Å². The monoisotopic (exact) mass is 278 g/mol. The van der Waals surface area contributed by atoms with Gasteiger partial charge >= 0.3 is 0 Å². The molecule has 0 amide bonds. The molecule has 0 atom stereocenters. The Balaban J connectivity index is 1.63. The molecule has 0 N–H and O–H groups in total. The Bertz CT molecular complexity index is 407. The lowest BCUT2D eigenvalue weighted by Crippen LogP contribution is -2.49. The Morgan fingerprint density at radius 1 is 1.00 bits per heavy atom. The fourth-order valence-corrected chi connectivity index (χ4v) is 3.76. The van der Waals surface area contributed by atoms with E-state index in [4.69, 9.17) is 11.6 Å². The van der Waals surface area contributed by atoms with Crippen LogP contribution in [0.5, 0.6) is 0 Å². The SMILES string of the molecule is ClCc1ccccc1N1CCN(C2CCCC2)CC1. The van der Waals surface area contributed by atoms with E-state index in [0.717, 1.165) is 19.1 Å². The van der Waals surface area contributed by atoms with E-state index in [1.165, 1.54) is 50.0 Å². The first-order valence-corrected chi connectivity index (χ1v) is 8.05. The maximum Gasteiger partial charge on any atom is 0.0494 e. The molecule has 0 aromatic heterocycles. The first-order chi connectivity index (χ1) is 9.38. The summed E-state index contributed by atoms with van der Waals surface area (Å²) in [5.41, 5.74) is 2.60. The van der Waals surface area contributed by atoms with Gasteiger partial charge in [-0.1, -0.05) is 31.0 Å². The molecule has 1 saturated carbocycles. The summed E-state index contributed by atoms with van der Waals surface area (Å²) >= 11 is 6.05. The zero-order chi connectivity index (χ0) is 13.1. The van der Waals surface area contributed by atoms with Crippen molar-refractivity contribution in [1.29, 1.82) is 0 Å². The summed E-state index contributed by atoms with van der Waals surface area (Å²) in [7, 11) is 0. The largest absolute Gasteiger partial charge is 0.369 e. The number of para-hydroxylation sites is 1. The Morgan fingerprint density at radius 3 is 2.37 bits per heavy atom. The Kier molecular flexibility index (Phi) is 4.29. The Morgan fingerprint density at radius 2 is 1.68 bits per heavy atom. The molecule has 1 aromatic carbocycles. The number of hydrogen-bond donors (Lipinski definition) is 0. The second-order valence-corrected chi connectivity index (χ2v) is 5.99. The average Bonchev–Trinajstić information content (AvgIpc) is 3.02. The number of halogens is 1. The third-order valence-corrected chi connectivity index (χ3v) is 4.92. The molecule has 0 radical (unpaired) electrons. The van der Waals surface area contributed by atoms with Gasteiger partial charge in [-0.05, 0) is 24.5 Å². The highest BCUT2D eigenvalue weighted by atomic mass is 35.5. The lowest BCUT2D eigenvalue weighted by molar-refractivity contribution is 0.187. The highest BCUT2D eigenvalue weighted by molar-refractivity contribution is 6.17. The van der Waals surface area contributed by atoms with Gasteiger partial charge in [0.25, 0.3) is 0 Å². The summed E-state index contributed by atoms with van der Waals surface area (Å²) in [6, 6.07) is 9.42. The van der Waals surface area contributed by atoms with Gasteiger partial charge in [0.1, 0.15) is 0 Å². The van der Waals surface area contributed by atoms with Gasteiger partial charge in [-0.15, -0.1) is 11.6 Å². The topological polar surface area (TPSA) is 6.48 Å². The summed E-state index contributed by atoms with van der Waals surface area (Å²) in [5.74, 6) is 0.610. The van der Waals surface area contributed by atoms with Crippen LogP contribution in [0.25, 0.3) is 0 Å². The van der Waals surface area contributed by atoms with Crippen LogP contribution in [0.4, 0.5) is 5.69 Å². The van der Waals surface area contributed by atoms with Crippen LogP contribution in [-0.2, 0) is 5.88 Å². The average molecular weight is 279 g/mol. The van der Waals surface area contributed by atoms with Gasteiger partial charge in [0, 0.05) is 43.8 Å². The first kappa shape index (κ1) is 13.3. The van der Waals surface area contributed by atoms with E-state index in [9.17, 15) is 0 Å². The highest BCUT2D eigenvalue weighted by Crippen LogP contribution is 2.27. The highest BCUT2D eigenvalue weighted by Gasteiger charge is 2.26. The molecule has 2 nitrogen and oxygen atoms in total. The molecule has 2 aliphatic rings. The number of piperazine rings is 1. The van der Waals surface area contributed by atoms with E-state index in [2.05, 4.69) is 34.1 Å². The summed E-state index contributed by atoms with van der Waals surface area (Å²) in [5, 5.41) is 0. The first-order valence-electron chi connectivity index (χ1n) is 7.51. The van der Waals surface area contributed by atoms with E-state index in [1.807, 2.05) is 0 Å². The van der Waals surface area contributed by atoms with Crippen molar-refractivity contribution >= 4 is 17.3 Å². The normalized spacial score (nSPS) is 22.1. The van der Waals surface area contributed by atoms with Crippen molar-refractivity contribution in [2.24, 2.45) is 0 Å². The fourth-order valence-electron chi connectivity index (χ4n) is 3.53. The minimum Gasteiger partial charge on any atom is -0.369 e. The zero-order valence-corrected chi connectivity index (χ0v) is 12.3. The Labute approximate surface area is 121 Å². The van der Waals surface area contributed by atoms with E-state index in [-0.39, 0.29) is 0 Å². The second kappa shape index (κ2) is 6.15. The number of anilines is 1. The predicted molar refractivity (Wildman–Crippen MR) is 82.0 cm³/mol. The molecular formula is C16H23ClN2. The lowest BCUT2D eigenvalue weighted by Gasteiger charge is -2.39. The number of alkyl halides is 1. The molecule has 0 unspecified atom stereocenters. The van der Waals surface area contributed by atoms with Crippen LogP contribution in [-0.4, -0.2) is 37.1 Å². The molecular weight excluding hydrogens is 256 g/mol. The zero-order valence-electron chi connectivity index (χ0n) is 11.5. The minimum atomic E-state index is 0.610. The van der Waals surface area contributed by atoms with Crippen LogP contribution < -0.4 is 4.90 Å². The van der Waals surface area contributed by atoms with Gasteiger partial charge in [0.15, 0.2) is 0 Å². The summed E-state index contributed by atoms with van der Waals surface area (Å²) in [6.45, 7) is 4.71. The van der Waals surface area contributed by atoms with Crippen LogP contribution >= 0.6 is 11.6 Å². The fraction of sp³-hybridized carbons (Fsp3) is 0.625. The summed E-state index contributed by atoms with van der Waals surface area (Å²) < 4.78 is 0. The molecule has 1 heterocycles. The van der Waals surface area contributed by atoms with Crippen molar-refractivity contribution < 1.29 is 0 Å². The van der Waals surface area contributed by atoms with Crippen LogP contribution in [0.3, 0.4) is 0 Å². The quantitative estimate of drug-likeness (QED) is 0.781. The van der Waals surface area contributed by atoms with Gasteiger partial charge < -0.3 is 4.90 Å². The van der Waals surface area contributed by atoms with Crippen molar-refractivity contribution in [3.63, 3.8) is 0 Å². The molecule has 104 valence electrons. The molecule has 19 heavy (non-hydrogen) atoms. The molecule has 1 saturated heterocycles. The number of rotatable bonds is 3. The lowest BCUT2D eigenvalue weighted by atomic mass is 10.1. The Hall–Kier alpha value is -0.730. The second-order valence-electron chi connectivity index (χ2n) is 5.72. The van der Waals surface area contributed by atoms with Crippen molar-refractivity contribution in [3.8, 4) is 0 Å². The van der Waals surface area contributed by atoms with E-state index in [1.54, 1.807) is 0 Å². The van der Waals surface area contributed by atoms with E-state index in [0.29, 0.717) is 5.88 Å². The smallest absolute Gasteiger partial charge is 0.0494 e. The molecule has 1 aliphatic heterocycles. The van der Waals surface area contributed by atoms with Gasteiger partial charge in [-0.25, -0.2) is 0 Å². The molecule has 2 fully saturated rings. The third-order valence-electron chi connectivity index (χ3n) is 4.63. The standard InChI is InChI=1S/C16H23ClN2/c17-13-14-5-1-4-8-16(14)19-11-9-18(10-12-19)15-6-2-3-7-15/h1,4-5,8,15H,2-3,6-7,9-13H2. The molecule has 1 aromatic rings. The maximum absolute atomic E-state index is 6.05. The predicted octanol–water partition coefficient (Wildman–Crippen LogP) is 3.49. The van der Waals surface area contributed by atoms with Crippen molar-refractivity contribution in [2.45, 2.75) is 37.6 Å². The van der Waals surface area contributed by atoms with Gasteiger partial charge in [0.05, 0.1) is 0 Å². The van der Waals surface area contributed by atoms with Crippen LogP contribution in [0.15, 0.2) is 24.3 Å². The van der Waals surface area contributed by atoms with Crippen molar-refractivity contribution in [3.05, 3.63) is 29.8 Å². The van der Waals surface area contributed by atoms with Gasteiger partial charge in [-0.2, -0.15) is 0 Å². The molecule has 3 rings (SSSR count). The minimum absolute atomic E-state index is 0.610. The summed E-state index contributed by atoms with van der Waals surface area (Å²) in [6.07, 6.45) is 5.69. The molecule has 0 bridgehead atoms. The molecule has 3 heteroatoms. The van der Waals surface area contributed by atoms with Crippen molar-refractivity contribution in [1.82, 2.24) is 4.90 Å². The van der Waals surface area contributed by atoms with E-state index >= 15 is 0 Å². The maximum atomic E-state index is 6.05. The molecule has 0 spiro atoms. The molecule has 1 aliphatic carbocycles. The van der Waals surface area contributed by atoms with Gasteiger partial charge in [0.2, 0.25) is 0 Å². The number of hydrogen-bond acceptors (Lipinski definition) is 2. The van der Waals surface area contributed by atoms with Crippen molar-refractivity contribution in [2.75, 3.05) is 31.1 Å². The number of nitrogens with zero attached hydrogens (tertiary/aromatic N) is 2. The van der Waals surface area contributed by atoms with Crippen LogP contribution in [0.2, 0.25) is 0 Å². The van der Waals surface area contributed by atoms with Gasteiger partial charge in [-0.3, -0.25) is 4.90 Å². The van der Waals surface area contributed by atoms with Crippen LogP contribution in [0, 0.1) is 0 Å².